The topological polar surface area (TPSA) is 58.1 Å². The van der Waals surface area contributed by atoms with Crippen molar-refractivity contribution in [3.05, 3.63) is 30.1 Å². The van der Waals surface area contributed by atoms with Gasteiger partial charge < -0.3 is 10.2 Å². The van der Waals surface area contributed by atoms with E-state index in [9.17, 15) is 4.79 Å². The Morgan fingerprint density at radius 2 is 2.04 bits per heavy atom. The largest absolute Gasteiger partial charge is 0.365 e. The van der Waals surface area contributed by atoms with Crippen molar-refractivity contribution < 1.29 is 4.79 Å². The standard InChI is InChI=1S/C19H24N4O/c1-13-6-7-17-16(10-13)18(21-12-20-17)22-15-8-9-23(11-15)19(24)14-4-2-3-5-14/h6-7,10,12,14-15H,2-5,8-9,11H2,1H3,(H,20,21,22). The highest BCUT2D eigenvalue weighted by atomic mass is 16.2. The molecule has 1 aromatic carbocycles. The second kappa shape index (κ2) is 6.38. The van der Waals surface area contributed by atoms with Crippen LogP contribution in [-0.4, -0.2) is 39.9 Å². The van der Waals surface area contributed by atoms with E-state index in [0.29, 0.717) is 5.91 Å². The molecule has 5 nitrogen and oxygen atoms in total. The summed E-state index contributed by atoms with van der Waals surface area (Å²) < 4.78 is 0. The minimum absolute atomic E-state index is 0.270. The summed E-state index contributed by atoms with van der Waals surface area (Å²) in [6.07, 6.45) is 7.15. The molecule has 1 aliphatic heterocycles. The first kappa shape index (κ1) is 15.4. The number of carbonyl (C=O) groups is 1. The Morgan fingerprint density at radius 1 is 1.21 bits per heavy atom. The molecule has 1 saturated carbocycles. The van der Waals surface area contributed by atoms with Crippen LogP contribution in [0, 0.1) is 12.8 Å². The van der Waals surface area contributed by atoms with Gasteiger partial charge >= 0.3 is 0 Å². The predicted molar refractivity (Wildman–Crippen MR) is 94.8 cm³/mol. The number of anilines is 1. The zero-order valence-corrected chi connectivity index (χ0v) is 14.2. The van der Waals surface area contributed by atoms with Crippen LogP contribution in [0.2, 0.25) is 0 Å². The highest BCUT2D eigenvalue weighted by Gasteiger charge is 2.32. The Hall–Kier alpha value is -2.17. The van der Waals surface area contributed by atoms with Crippen molar-refractivity contribution in [2.24, 2.45) is 5.92 Å². The van der Waals surface area contributed by atoms with Gasteiger partial charge in [0.05, 0.1) is 5.52 Å². The summed E-state index contributed by atoms with van der Waals surface area (Å²) in [6.45, 7) is 3.72. The molecule has 1 amide bonds. The van der Waals surface area contributed by atoms with Crippen LogP contribution in [-0.2, 0) is 4.79 Å². The summed E-state index contributed by atoms with van der Waals surface area (Å²) in [5.41, 5.74) is 2.15. The van der Waals surface area contributed by atoms with E-state index in [2.05, 4.69) is 34.3 Å². The summed E-state index contributed by atoms with van der Waals surface area (Å²) in [5, 5.41) is 4.60. The second-order valence-electron chi connectivity index (χ2n) is 7.14. The molecule has 4 rings (SSSR count). The Bertz CT molecular complexity index is 754. The van der Waals surface area contributed by atoms with E-state index in [-0.39, 0.29) is 12.0 Å². The van der Waals surface area contributed by atoms with Gasteiger partial charge in [-0.3, -0.25) is 4.79 Å². The predicted octanol–water partition coefficient (Wildman–Crippen LogP) is 3.14. The van der Waals surface area contributed by atoms with Gasteiger partial charge in [-0.05, 0) is 38.3 Å². The van der Waals surface area contributed by atoms with Crippen LogP contribution in [0.3, 0.4) is 0 Å². The summed E-state index contributed by atoms with van der Waals surface area (Å²) in [5.74, 6) is 1.51. The average Bonchev–Trinajstić information content (AvgIpc) is 3.26. The van der Waals surface area contributed by atoms with Crippen LogP contribution in [0.1, 0.15) is 37.7 Å². The maximum Gasteiger partial charge on any atom is 0.225 e. The molecule has 0 radical (unpaired) electrons. The van der Waals surface area contributed by atoms with Crippen molar-refractivity contribution in [2.45, 2.75) is 45.1 Å². The number of amides is 1. The lowest BCUT2D eigenvalue weighted by Gasteiger charge is -2.21. The zero-order chi connectivity index (χ0) is 16.5. The molecule has 1 N–H and O–H groups in total. The number of nitrogens with zero attached hydrogens (tertiary/aromatic N) is 3. The first-order valence-electron chi connectivity index (χ1n) is 8.97. The fraction of sp³-hybridized carbons (Fsp3) is 0.526. The van der Waals surface area contributed by atoms with E-state index < -0.39 is 0 Å². The molecular weight excluding hydrogens is 300 g/mol. The van der Waals surface area contributed by atoms with E-state index in [1.807, 2.05) is 11.0 Å². The van der Waals surface area contributed by atoms with Crippen molar-refractivity contribution in [3.63, 3.8) is 0 Å². The number of rotatable bonds is 3. The molecular formula is C19H24N4O. The van der Waals surface area contributed by atoms with Gasteiger partial charge in [-0.15, -0.1) is 0 Å². The molecule has 24 heavy (non-hydrogen) atoms. The molecule has 1 unspecified atom stereocenters. The molecule has 126 valence electrons. The van der Waals surface area contributed by atoms with Crippen molar-refractivity contribution in [1.29, 1.82) is 0 Å². The van der Waals surface area contributed by atoms with Crippen LogP contribution < -0.4 is 5.32 Å². The minimum Gasteiger partial charge on any atom is -0.365 e. The Labute approximate surface area is 142 Å². The van der Waals surface area contributed by atoms with Crippen LogP contribution in [0.4, 0.5) is 5.82 Å². The maximum absolute atomic E-state index is 12.6. The van der Waals surface area contributed by atoms with Crippen LogP contribution in [0.25, 0.3) is 10.9 Å². The van der Waals surface area contributed by atoms with Crippen molar-refractivity contribution in [1.82, 2.24) is 14.9 Å². The average molecular weight is 324 g/mol. The first-order chi connectivity index (χ1) is 11.7. The molecule has 2 aromatic rings. The number of carbonyl (C=O) groups excluding carboxylic acids is 1. The number of hydrogen-bond acceptors (Lipinski definition) is 4. The minimum atomic E-state index is 0.270. The summed E-state index contributed by atoms with van der Waals surface area (Å²) in [7, 11) is 0. The lowest BCUT2D eigenvalue weighted by molar-refractivity contribution is -0.134. The molecule has 2 fully saturated rings. The molecule has 5 heteroatoms. The third kappa shape index (κ3) is 2.95. The third-order valence-corrected chi connectivity index (χ3v) is 5.34. The van der Waals surface area contributed by atoms with Crippen LogP contribution >= 0.6 is 0 Å². The molecule has 1 aliphatic carbocycles. The van der Waals surface area contributed by atoms with Gasteiger partial charge in [0.1, 0.15) is 12.1 Å². The normalized spacial score (nSPS) is 21.5. The first-order valence-corrected chi connectivity index (χ1v) is 8.97. The highest BCUT2D eigenvalue weighted by molar-refractivity contribution is 5.89. The highest BCUT2D eigenvalue weighted by Crippen LogP contribution is 2.29. The number of hydrogen-bond donors (Lipinski definition) is 1. The third-order valence-electron chi connectivity index (χ3n) is 5.34. The lowest BCUT2D eigenvalue weighted by atomic mass is 10.1. The molecule has 2 aliphatic rings. The van der Waals surface area contributed by atoms with Crippen LogP contribution in [0.15, 0.2) is 24.5 Å². The number of nitrogens with one attached hydrogen (secondary N) is 1. The Morgan fingerprint density at radius 3 is 2.88 bits per heavy atom. The Balaban J connectivity index is 1.47. The van der Waals surface area contributed by atoms with E-state index in [0.717, 1.165) is 49.1 Å². The van der Waals surface area contributed by atoms with E-state index in [1.165, 1.54) is 18.4 Å². The second-order valence-corrected chi connectivity index (χ2v) is 7.14. The summed E-state index contributed by atoms with van der Waals surface area (Å²) >= 11 is 0. The van der Waals surface area contributed by atoms with Gasteiger partial charge in [0, 0.05) is 30.4 Å². The monoisotopic (exact) mass is 324 g/mol. The quantitative estimate of drug-likeness (QED) is 0.942. The SMILES string of the molecule is Cc1ccc2ncnc(NC3CCN(C(=O)C4CCCC4)C3)c2c1. The molecule has 1 saturated heterocycles. The lowest BCUT2D eigenvalue weighted by Crippen LogP contribution is -2.35. The number of benzene rings is 1. The van der Waals surface area contributed by atoms with Crippen LogP contribution in [0.5, 0.6) is 0 Å². The number of aromatic nitrogens is 2. The molecule has 1 aromatic heterocycles. The van der Waals surface area contributed by atoms with E-state index in [1.54, 1.807) is 6.33 Å². The van der Waals surface area contributed by atoms with Gasteiger partial charge in [0.25, 0.3) is 0 Å². The fourth-order valence-electron chi connectivity index (χ4n) is 3.99. The summed E-state index contributed by atoms with van der Waals surface area (Å²) in [6, 6.07) is 6.49. The Kier molecular flexibility index (Phi) is 4.08. The zero-order valence-electron chi connectivity index (χ0n) is 14.2. The fourth-order valence-corrected chi connectivity index (χ4v) is 3.99. The van der Waals surface area contributed by atoms with Crippen molar-refractivity contribution in [3.8, 4) is 0 Å². The number of likely N-dealkylation sites (tertiary alicyclic amines) is 1. The molecule has 2 heterocycles. The number of aryl methyl sites for hydroxylation is 1. The molecule has 0 spiro atoms. The molecule has 1 atom stereocenters. The van der Waals surface area contributed by atoms with E-state index in [4.69, 9.17) is 0 Å². The van der Waals surface area contributed by atoms with Gasteiger partial charge in [0.15, 0.2) is 0 Å². The van der Waals surface area contributed by atoms with Gasteiger partial charge in [-0.2, -0.15) is 0 Å². The van der Waals surface area contributed by atoms with E-state index >= 15 is 0 Å². The maximum atomic E-state index is 12.6. The van der Waals surface area contributed by atoms with Crippen molar-refractivity contribution >= 4 is 22.6 Å². The van der Waals surface area contributed by atoms with Gasteiger partial charge in [0.2, 0.25) is 5.91 Å². The summed E-state index contributed by atoms with van der Waals surface area (Å²) in [4.78, 5) is 23.4. The van der Waals surface area contributed by atoms with Crippen molar-refractivity contribution in [2.75, 3.05) is 18.4 Å². The number of fused-ring (bicyclic) bond motifs is 1. The molecule has 0 bridgehead atoms. The smallest absolute Gasteiger partial charge is 0.225 e. The van der Waals surface area contributed by atoms with Gasteiger partial charge in [-0.25, -0.2) is 9.97 Å². The van der Waals surface area contributed by atoms with Gasteiger partial charge in [-0.1, -0.05) is 24.5 Å².